The van der Waals surface area contributed by atoms with Crippen molar-refractivity contribution in [3.8, 4) is 5.75 Å². The molecule has 0 spiro atoms. The quantitative estimate of drug-likeness (QED) is 0.775. The molecule has 0 fully saturated rings. The number of rotatable bonds is 8. The van der Waals surface area contributed by atoms with Crippen LogP contribution in [0.2, 0.25) is 0 Å². The lowest BCUT2D eigenvalue weighted by molar-refractivity contribution is -0.121. The first-order valence-corrected chi connectivity index (χ1v) is 9.11. The van der Waals surface area contributed by atoms with E-state index in [4.69, 9.17) is 9.15 Å². The second-order valence-electron chi connectivity index (χ2n) is 5.20. The predicted molar refractivity (Wildman–Crippen MR) is 88.8 cm³/mol. The second-order valence-corrected chi connectivity index (χ2v) is 7.18. The lowest BCUT2D eigenvalue weighted by atomic mass is 10.2. The largest absolute Gasteiger partial charge is 0.496 e. The van der Waals surface area contributed by atoms with E-state index in [1.165, 1.54) is 13.4 Å². The number of amides is 1. The summed E-state index contributed by atoms with van der Waals surface area (Å²) in [6, 6.07) is 10.5. The molecule has 130 valence electrons. The van der Waals surface area contributed by atoms with E-state index < -0.39 is 15.9 Å². The molecule has 8 heteroatoms. The Bertz CT molecular complexity index is 772. The number of para-hydroxylation sites is 1. The van der Waals surface area contributed by atoms with Crippen LogP contribution in [-0.4, -0.2) is 38.5 Å². The van der Waals surface area contributed by atoms with E-state index in [0.717, 1.165) is 10.6 Å². The van der Waals surface area contributed by atoms with Crippen LogP contribution >= 0.6 is 0 Å². The van der Waals surface area contributed by atoms with Gasteiger partial charge >= 0.3 is 0 Å². The number of nitrogens with one attached hydrogen (secondary N) is 1. The molecule has 0 aliphatic heterocycles. The van der Waals surface area contributed by atoms with E-state index in [2.05, 4.69) is 5.32 Å². The van der Waals surface area contributed by atoms with Crippen LogP contribution in [0.1, 0.15) is 11.3 Å². The number of benzene rings is 1. The SMILES string of the molecule is COc1ccccc1CN(CC(=O)NCc1ccco1)S(C)(=O)=O. The number of carbonyl (C=O) groups excluding carboxylic acids is 1. The van der Waals surface area contributed by atoms with Gasteiger partial charge in [0.2, 0.25) is 15.9 Å². The van der Waals surface area contributed by atoms with Crippen molar-refractivity contribution in [2.75, 3.05) is 19.9 Å². The maximum absolute atomic E-state index is 12.0. The van der Waals surface area contributed by atoms with Gasteiger partial charge in [-0.2, -0.15) is 4.31 Å². The maximum Gasteiger partial charge on any atom is 0.235 e. The third kappa shape index (κ3) is 5.10. The molecule has 1 amide bonds. The van der Waals surface area contributed by atoms with Gasteiger partial charge in [-0.1, -0.05) is 18.2 Å². The third-order valence-corrected chi connectivity index (χ3v) is 4.56. The molecule has 0 atom stereocenters. The molecule has 1 aromatic heterocycles. The Morgan fingerprint density at radius 3 is 2.62 bits per heavy atom. The smallest absolute Gasteiger partial charge is 0.235 e. The lowest BCUT2D eigenvalue weighted by Crippen LogP contribution is -2.39. The van der Waals surface area contributed by atoms with Gasteiger partial charge in [0.05, 0.1) is 32.7 Å². The van der Waals surface area contributed by atoms with Crippen LogP contribution in [0.15, 0.2) is 47.1 Å². The highest BCUT2D eigenvalue weighted by Crippen LogP contribution is 2.20. The average Bonchev–Trinajstić information content (AvgIpc) is 3.05. The summed E-state index contributed by atoms with van der Waals surface area (Å²) in [6.07, 6.45) is 2.58. The molecule has 0 saturated carbocycles. The minimum absolute atomic E-state index is 0.0526. The molecule has 1 N–H and O–H groups in total. The van der Waals surface area contributed by atoms with Crippen LogP contribution < -0.4 is 10.1 Å². The monoisotopic (exact) mass is 352 g/mol. The fourth-order valence-corrected chi connectivity index (χ4v) is 2.85. The van der Waals surface area contributed by atoms with Gasteiger partial charge in [0.25, 0.3) is 0 Å². The standard InChI is InChI=1S/C16H20N2O5S/c1-22-15-8-4-3-6-13(15)11-18(24(2,20)21)12-16(19)17-10-14-7-5-9-23-14/h3-9H,10-12H2,1-2H3,(H,17,19). The van der Waals surface area contributed by atoms with E-state index in [-0.39, 0.29) is 19.6 Å². The van der Waals surface area contributed by atoms with Gasteiger partial charge in [0.1, 0.15) is 11.5 Å². The van der Waals surface area contributed by atoms with Gasteiger partial charge in [-0.3, -0.25) is 4.79 Å². The normalized spacial score (nSPS) is 11.5. The van der Waals surface area contributed by atoms with Gasteiger partial charge in [-0.25, -0.2) is 8.42 Å². The van der Waals surface area contributed by atoms with Gasteiger partial charge in [-0.05, 0) is 18.2 Å². The third-order valence-electron chi connectivity index (χ3n) is 3.37. The molecule has 0 saturated heterocycles. The van der Waals surface area contributed by atoms with Crippen molar-refractivity contribution in [3.63, 3.8) is 0 Å². The second kappa shape index (κ2) is 7.98. The number of methoxy groups -OCH3 is 1. The summed E-state index contributed by atoms with van der Waals surface area (Å²) in [5.41, 5.74) is 0.684. The zero-order chi connectivity index (χ0) is 17.6. The number of ether oxygens (including phenoxy) is 1. The summed E-state index contributed by atoms with van der Waals surface area (Å²) in [7, 11) is -2.05. The summed E-state index contributed by atoms with van der Waals surface area (Å²) in [5.74, 6) is 0.757. The van der Waals surface area contributed by atoms with E-state index in [9.17, 15) is 13.2 Å². The summed E-state index contributed by atoms with van der Waals surface area (Å²) >= 11 is 0. The van der Waals surface area contributed by atoms with Crippen LogP contribution in [0.3, 0.4) is 0 Å². The fraction of sp³-hybridized carbons (Fsp3) is 0.312. The van der Waals surface area contributed by atoms with Crippen LogP contribution in [0.4, 0.5) is 0 Å². The van der Waals surface area contributed by atoms with Gasteiger partial charge < -0.3 is 14.5 Å². The first-order chi connectivity index (χ1) is 11.4. The van der Waals surface area contributed by atoms with Crippen molar-refractivity contribution in [1.82, 2.24) is 9.62 Å². The Balaban J connectivity index is 2.04. The Morgan fingerprint density at radius 1 is 1.25 bits per heavy atom. The first kappa shape index (κ1) is 18.0. The number of hydrogen-bond acceptors (Lipinski definition) is 5. The van der Waals surface area contributed by atoms with E-state index in [1.54, 1.807) is 36.4 Å². The minimum atomic E-state index is -3.56. The maximum atomic E-state index is 12.0. The summed E-state index contributed by atoms with van der Waals surface area (Å²) in [4.78, 5) is 12.0. The Labute approximate surface area is 141 Å². The molecule has 0 radical (unpaired) electrons. The number of carbonyl (C=O) groups is 1. The van der Waals surface area contributed by atoms with E-state index in [0.29, 0.717) is 17.1 Å². The van der Waals surface area contributed by atoms with Crippen molar-refractivity contribution >= 4 is 15.9 Å². The molecule has 0 aliphatic rings. The van der Waals surface area contributed by atoms with Gasteiger partial charge in [0, 0.05) is 12.1 Å². The molecule has 2 rings (SSSR count). The zero-order valence-electron chi connectivity index (χ0n) is 13.6. The molecule has 1 aromatic carbocycles. The summed E-state index contributed by atoms with van der Waals surface area (Å²) in [5, 5.41) is 2.63. The molecule has 1 heterocycles. The van der Waals surface area contributed by atoms with Crippen molar-refractivity contribution in [2.24, 2.45) is 0 Å². The van der Waals surface area contributed by atoms with Crippen LogP contribution in [-0.2, 0) is 27.9 Å². The number of furan rings is 1. The Kier molecular flexibility index (Phi) is 5.99. The molecule has 7 nitrogen and oxygen atoms in total. The van der Waals surface area contributed by atoms with E-state index >= 15 is 0 Å². The molecule has 0 aliphatic carbocycles. The summed E-state index contributed by atoms with van der Waals surface area (Å²) < 4.78 is 35.4. The van der Waals surface area contributed by atoms with Crippen molar-refractivity contribution in [1.29, 1.82) is 0 Å². The fourth-order valence-electron chi connectivity index (χ4n) is 2.13. The number of nitrogens with zero attached hydrogens (tertiary/aromatic N) is 1. The Hall–Kier alpha value is -2.32. The molecule has 24 heavy (non-hydrogen) atoms. The molecule has 0 bridgehead atoms. The first-order valence-electron chi connectivity index (χ1n) is 7.26. The van der Waals surface area contributed by atoms with Gasteiger partial charge in [-0.15, -0.1) is 0 Å². The zero-order valence-corrected chi connectivity index (χ0v) is 14.4. The highest BCUT2D eigenvalue weighted by Gasteiger charge is 2.21. The van der Waals surface area contributed by atoms with Gasteiger partial charge in [0.15, 0.2) is 0 Å². The van der Waals surface area contributed by atoms with Crippen LogP contribution in [0.5, 0.6) is 5.75 Å². The van der Waals surface area contributed by atoms with Crippen molar-refractivity contribution < 1.29 is 22.4 Å². The molecule has 2 aromatic rings. The molecular weight excluding hydrogens is 332 g/mol. The van der Waals surface area contributed by atoms with Crippen molar-refractivity contribution in [3.05, 3.63) is 54.0 Å². The highest BCUT2D eigenvalue weighted by molar-refractivity contribution is 7.88. The summed E-state index contributed by atoms with van der Waals surface area (Å²) in [6.45, 7) is -0.0211. The molecule has 0 unspecified atom stereocenters. The lowest BCUT2D eigenvalue weighted by Gasteiger charge is -2.20. The van der Waals surface area contributed by atoms with Crippen LogP contribution in [0.25, 0.3) is 0 Å². The number of hydrogen-bond donors (Lipinski definition) is 1. The topological polar surface area (TPSA) is 88.8 Å². The van der Waals surface area contributed by atoms with Crippen LogP contribution in [0, 0.1) is 0 Å². The van der Waals surface area contributed by atoms with E-state index in [1.807, 2.05) is 0 Å². The Morgan fingerprint density at radius 2 is 2.00 bits per heavy atom. The average molecular weight is 352 g/mol. The highest BCUT2D eigenvalue weighted by atomic mass is 32.2. The number of sulfonamides is 1. The minimum Gasteiger partial charge on any atom is -0.496 e. The predicted octanol–water partition coefficient (Wildman–Crippen LogP) is 1.37. The van der Waals surface area contributed by atoms with Crippen molar-refractivity contribution in [2.45, 2.75) is 13.1 Å². The molecular formula is C16H20N2O5S.